The molecule has 0 fully saturated rings. The Morgan fingerprint density at radius 2 is 0.800 bits per heavy atom. The molecule has 0 saturated carbocycles. The van der Waals surface area contributed by atoms with Crippen molar-refractivity contribution in [2.75, 3.05) is 0 Å². The number of rotatable bonds is 4. The van der Waals surface area contributed by atoms with Crippen molar-refractivity contribution in [1.29, 1.82) is 0 Å². The van der Waals surface area contributed by atoms with Gasteiger partial charge in [-0.05, 0) is 77.7 Å². The summed E-state index contributed by atoms with van der Waals surface area (Å²) in [6.45, 7) is 0. The lowest BCUT2D eigenvalue weighted by atomic mass is 9.81. The fourth-order valence-electron chi connectivity index (χ4n) is 9.12. The van der Waals surface area contributed by atoms with Crippen molar-refractivity contribution < 1.29 is 10.0 Å². The molecule has 14 aromatic rings. The van der Waals surface area contributed by atoms with Crippen LogP contribution >= 0.6 is 57.5 Å². The highest BCUT2D eigenvalue weighted by molar-refractivity contribution is 7.26. The second kappa shape index (κ2) is 18.3. The Balaban J connectivity index is 0.000000124. The third-order valence-electron chi connectivity index (χ3n) is 12.2. The molecule has 6 aromatic heterocycles. The smallest absolute Gasteiger partial charge is 0.423 e. The number of nitrogens with zero attached hydrogens (tertiary/aromatic N) is 6. The number of hydrogen-bond donors (Lipinski definition) is 2. The lowest BCUT2D eigenvalue weighted by Crippen LogP contribution is -2.29. The number of hydrogen-bond acceptors (Lipinski definition) is 8. The fraction of sp³-hybridized carbons (Fsp3) is 0. The van der Waals surface area contributed by atoms with E-state index in [1.54, 1.807) is 46.9 Å². The van der Waals surface area contributed by atoms with E-state index >= 15 is 0 Å². The van der Waals surface area contributed by atoms with E-state index in [1.807, 2.05) is 66.7 Å². The summed E-state index contributed by atoms with van der Waals surface area (Å²) in [5.41, 5.74) is 7.73. The van der Waals surface area contributed by atoms with Crippen LogP contribution in [-0.2, 0) is 0 Å². The number of thiophene rings is 2. The maximum atomic E-state index is 8.58. The Hall–Kier alpha value is -7.19. The highest BCUT2D eigenvalue weighted by Gasteiger charge is 2.22. The molecule has 8 aromatic carbocycles. The zero-order chi connectivity index (χ0) is 47.5. The van der Waals surface area contributed by atoms with Gasteiger partial charge in [-0.25, -0.2) is 15.0 Å². The molecule has 2 N–H and O–H groups in total. The standard InChI is InChI=1S/C28H16ClN3S.C22H11Cl2N3S.C6H7BO2/c29-18-14-15-24-21(16-18)25-26(33-24)28(31-27(30-25)17-8-2-1-3-9-17)32-22-12-6-4-10-19(22)20-11-5-7-13-23(20)32;23-12-9-10-18-15(11-12)19-20(28-18)21(26-22(24)25-19)27-16-7-3-1-5-13(16)14-6-2-4-8-17(14)27;8-7(9)6-4-2-1-3-5-6/h1-16H;1-11H;1-5,8-9H. The van der Waals surface area contributed by atoms with E-state index in [4.69, 9.17) is 54.8 Å². The first-order valence-corrected chi connectivity index (χ1v) is 24.9. The van der Waals surface area contributed by atoms with Crippen LogP contribution in [0.3, 0.4) is 0 Å². The number of benzene rings is 8. The zero-order valence-corrected chi connectivity index (χ0v) is 40.5. The predicted octanol–water partition coefficient (Wildman–Crippen LogP) is 14.9. The van der Waals surface area contributed by atoms with Gasteiger partial charge in [-0.1, -0.05) is 157 Å². The second-order valence-corrected chi connectivity index (χ2v) is 19.7. The van der Waals surface area contributed by atoms with Gasteiger partial charge in [0.2, 0.25) is 5.28 Å². The van der Waals surface area contributed by atoms with Gasteiger partial charge >= 0.3 is 7.12 Å². The average molecular weight is 1000 g/mol. The Kier molecular flexibility index (Phi) is 11.5. The molecule has 0 atom stereocenters. The van der Waals surface area contributed by atoms with Crippen LogP contribution in [0.5, 0.6) is 0 Å². The van der Waals surface area contributed by atoms with Crippen LogP contribution in [0.1, 0.15) is 0 Å². The van der Waals surface area contributed by atoms with Crippen LogP contribution < -0.4 is 5.46 Å². The molecule has 70 heavy (non-hydrogen) atoms. The topological polar surface area (TPSA) is 102 Å². The zero-order valence-electron chi connectivity index (χ0n) is 36.6. The number of para-hydroxylation sites is 4. The van der Waals surface area contributed by atoms with Crippen LogP contribution in [0, 0.1) is 0 Å². The third kappa shape index (κ3) is 7.82. The number of fused-ring (bicyclic) bond motifs is 12. The van der Waals surface area contributed by atoms with Gasteiger partial charge in [-0.15, -0.1) is 22.7 Å². The molecule has 0 aliphatic carbocycles. The second-order valence-electron chi connectivity index (χ2n) is 16.4. The normalized spacial score (nSPS) is 11.5. The maximum absolute atomic E-state index is 8.58. The van der Waals surface area contributed by atoms with Crippen molar-refractivity contribution in [2.45, 2.75) is 0 Å². The summed E-state index contributed by atoms with van der Waals surface area (Å²) in [5.74, 6) is 2.40. The van der Waals surface area contributed by atoms with Crippen molar-refractivity contribution in [2.24, 2.45) is 0 Å². The SMILES string of the molecule is Clc1ccc2sc3c(-n4c5ccccc5c5ccccc54)nc(-c4ccccc4)nc3c2c1.Clc1ccc2sc3c(-n4c5ccccc5c5ccccc54)nc(Cl)nc3c2c1.OB(O)c1ccccc1. The number of halogens is 3. The van der Waals surface area contributed by atoms with E-state index in [0.29, 0.717) is 21.3 Å². The highest BCUT2D eigenvalue weighted by atomic mass is 35.5. The number of aromatic nitrogens is 6. The van der Waals surface area contributed by atoms with Crippen LogP contribution in [-0.4, -0.2) is 46.2 Å². The van der Waals surface area contributed by atoms with Gasteiger partial charge in [0.1, 0.15) is 0 Å². The lowest BCUT2D eigenvalue weighted by Gasteiger charge is -2.10. The summed E-state index contributed by atoms with van der Waals surface area (Å²) in [7, 11) is -1.34. The van der Waals surface area contributed by atoms with Gasteiger partial charge in [-0.2, -0.15) is 4.98 Å². The van der Waals surface area contributed by atoms with Crippen molar-refractivity contribution in [1.82, 2.24) is 29.1 Å². The quantitative estimate of drug-likeness (QED) is 0.135. The molecule has 14 rings (SSSR count). The molecule has 0 aliphatic rings. The molecule has 8 nitrogen and oxygen atoms in total. The summed E-state index contributed by atoms with van der Waals surface area (Å²) in [5, 5.41) is 25.6. The highest BCUT2D eigenvalue weighted by Crippen LogP contribution is 2.43. The first-order chi connectivity index (χ1) is 34.3. The summed E-state index contributed by atoms with van der Waals surface area (Å²) >= 11 is 22.4. The minimum atomic E-state index is -1.34. The van der Waals surface area contributed by atoms with Crippen molar-refractivity contribution in [3.63, 3.8) is 0 Å². The first-order valence-electron chi connectivity index (χ1n) is 22.2. The average Bonchev–Trinajstić information content (AvgIpc) is 4.15. The molecule has 0 radical (unpaired) electrons. The molecular weight excluding hydrogens is 970 g/mol. The summed E-state index contributed by atoms with van der Waals surface area (Å²) in [6, 6.07) is 64.4. The molecular formula is C56H34BCl3N6O2S2. The largest absolute Gasteiger partial charge is 0.488 e. The Labute approximate surface area is 423 Å². The van der Waals surface area contributed by atoms with Crippen molar-refractivity contribution >= 4 is 154 Å². The van der Waals surface area contributed by atoms with E-state index in [2.05, 4.69) is 122 Å². The molecule has 14 heteroatoms. The molecule has 0 spiro atoms. The van der Waals surface area contributed by atoms with E-state index in [9.17, 15) is 0 Å². The van der Waals surface area contributed by atoms with Gasteiger partial charge < -0.3 is 10.0 Å². The van der Waals surface area contributed by atoms with Gasteiger partial charge in [0.05, 0.1) is 42.5 Å². The van der Waals surface area contributed by atoms with Crippen LogP contribution in [0.25, 0.3) is 107 Å². The van der Waals surface area contributed by atoms with Gasteiger partial charge in [-0.3, -0.25) is 9.13 Å². The molecule has 0 unspecified atom stereocenters. The van der Waals surface area contributed by atoms with E-state index < -0.39 is 7.12 Å². The molecule has 0 saturated heterocycles. The van der Waals surface area contributed by atoms with Crippen molar-refractivity contribution in [3.05, 3.63) is 209 Å². The van der Waals surface area contributed by atoms with Crippen LogP contribution in [0.2, 0.25) is 15.3 Å². The molecule has 0 amide bonds. The van der Waals surface area contributed by atoms with E-state index in [0.717, 1.165) is 79.9 Å². The lowest BCUT2D eigenvalue weighted by molar-refractivity contribution is 0.426. The monoisotopic (exact) mass is 1000 g/mol. The Morgan fingerprint density at radius 1 is 0.400 bits per heavy atom. The summed E-state index contributed by atoms with van der Waals surface area (Å²) in [6.07, 6.45) is 0. The maximum Gasteiger partial charge on any atom is 0.488 e. The Bertz CT molecular complexity index is 4190. The summed E-state index contributed by atoms with van der Waals surface area (Å²) in [4.78, 5) is 19.4. The molecule has 0 bridgehead atoms. The minimum Gasteiger partial charge on any atom is -0.423 e. The predicted molar refractivity (Wildman–Crippen MR) is 295 cm³/mol. The van der Waals surface area contributed by atoms with Gasteiger partial charge in [0.25, 0.3) is 0 Å². The molecule has 336 valence electrons. The first kappa shape index (κ1) is 44.1. The minimum absolute atomic E-state index is 0.226. The fourth-order valence-corrected chi connectivity index (χ4v) is 11.8. The van der Waals surface area contributed by atoms with Crippen LogP contribution in [0.15, 0.2) is 194 Å². The third-order valence-corrected chi connectivity index (χ3v) is 15.2. The molecule has 0 aliphatic heterocycles. The van der Waals surface area contributed by atoms with Crippen molar-refractivity contribution in [3.8, 4) is 23.0 Å². The summed E-state index contributed by atoms with van der Waals surface area (Å²) < 4.78 is 8.76. The van der Waals surface area contributed by atoms with Crippen LogP contribution in [0.4, 0.5) is 0 Å². The molecule has 6 heterocycles. The van der Waals surface area contributed by atoms with Gasteiger partial charge in [0, 0.05) is 57.3 Å². The van der Waals surface area contributed by atoms with E-state index in [1.165, 1.54) is 21.5 Å². The Morgan fingerprint density at radius 3 is 1.24 bits per heavy atom. The van der Waals surface area contributed by atoms with Gasteiger partial charge in [0.15, 0.2) is 17.5 Å². The van der Waals surface area contributed by atoms with E-state index in [-0.39, 0.29) is 5.28 Å².